The van der Waals surface area contributed by atoms with Gasteiger partial charge in [-0.3, -0.25) is 0 Å². The van der Waals surface area contributed by atoms with Gasteiger partial charge in [0.05, 0.1) is 17.5 Å². The molecule has 1 atom stereocenters. The fourth-order valence-corrected chi connectivity index (χ4v) is 8.29. The summed E-state index contributed by atoms with van der Waals surface area (Å²) in [6.45, 7) is 13.4. The van der Waals surface area contributed by atoms with Crippen molar-refractivity contribution in [3.63, 3.8) is 0 Å². The molecule has 0 bridgehead atoms. The number of benzene rings is 4. The molecule has 0 fully saturated rings. The Hall–Kier alpha value is -4.53. The average Bonchev–Trinajstić information content (AvgIpc) is 3.21. The van der Waals surface area contributed by atoms with Gasteiger partial charge in [-0.05, 0) is 135 Å². The third-order valence-corrected chi connectivity index (χ3v) is 11.5. The number of nitrogens with one attached hydrogen (secondary N) is 1. The number of hydrogen-bond donors (Lipinski definition) is 1. The molecule has 4 aromatic rings. The molecule has 2 aliphatic carbocycles. The first-order valence-electron chi connectivity index (χ1n) is 19.7. The van der Waals surface area contributed by atoms with E-state index in [0.717, 1.165) is 62.8 Å². The zero-order valence-corrected chi connectivity index (χ0v) is 38.6. The van der Waals surface area contributed by atoms with Crippen molar-refractivity contribution in [2.75, 3.05) is 29.9 Å². The Morgan fingerprint density at radius 3 is 2.22 bits per heavy atom. The summed E-state index contributed by atoms with van der Waals surface area (Å²) >= 11 is -2.65. The van der Waals surface area contributed by atoms with Gasteiger partial charge < -0.3 is 28.2 Å². The molecule has 0 saturated carbocycles. The van der Waals surface area contributed by atoms with Gasteiger partial charge in [-0.15, -0.1) is 0 Å². The largest absolute Gasteiger partial charge is 1.00 e. The molecule has 1 unspecified atom stereocenters. The molecule has 308 valence electrons. The van der Waals surface area contributed by atoms with E-state index in [1.54, 1.807) is 24.3 Å². The van der Waals surface area contributed by atoms with Crippen LogP contribution in [0.2, 0.25) is 0 Å². The summed E-state index contributed by atoms with van der Waals surface area (Å²) < 4.78 is 70.2. The minimum absolute atomic E-state index is 0. The third-order valence-electron chi connectivity index (χ3n) is 10.4. The molecule has 0 aliphatic heterocycles. The van der Waals surface area contributed by atoms with E-state index in [4.69, 9.17) is 8.92 Å². The molecule has 4 aromatic carbocycles. The molecule has 0 aromatic heterocycles. The molecule has 0 saturated heterocycles. The number of aryl methyl sites for hydroxylation is 1. The van der Waals surface area contributed by atoms with Crippen LogP contribution in [-0.4, -0.2) is 57.8 Å². The molecule has 13 heteroatoms. The molecule has 0 amide bonds. The number of nitrogens with zero attached hydrogens (tertiary/aromatic N) is 2. The zero-order valence-electron chi connectivity index (χ0n) is 35.0. The summed E-state index contributed by atoms with van der Waals surface area (Å²) in [5, 5.41) is 3.59. The van der Waals surface area contributed by atoms with E-state index in [2.05, 4.69) is 96.3 Å². The molecular formula is C47H50N3NaO7S2. The number of rotatable bonds is 16. The summed E-state index contributed by atoms with van der Waals surface area (Å²) in [6, 6.07) is 27.8. The van der Waals surface area contributed by atoms with Gasteiger partial charge in [-0.2, -0.15) is 0 Å². The Kier molecular flexibility index (Phi) is 16.5. The number of hydrogen-bond acceptors (Lipinski definition) is 9. The Bertz CT molecular complexity index is 2480. The van der Waals surface area contributed by atoms with Crippen LogP contribution in [0.1, 0.15) is 49.9 Å². The standard InChI is InChI=1S/C47H51N3O7S2.Na/c1-6-49(31-35-11-9-13-43(29-35)57-58(51)52)40-21-25-45(33(4)27-40)47(37-15-17-38(18-16-37)48-39-19-23-42(24-20-39)56-8-3)46-26-22-41(28-34(46)5)50(7-2)32-36-12-10-14-44(30-36)59(53,54)55;/h9-30,37-38,48H,6-8,31-32H2,1-5H3,(H-,51,52,53,54,55);/q;+1/p-1. The summed E-state index contributed by atoms with van der Waals surface area (Å²) in [5.74, 6) is 1.08. The molecule has 60 heavy (non-hydrogen) atoms. The van der Waals surface area contributed by atoms with Crippen molar-refractivity contribution in [2.24, 2.45) is 5.92 Å². The topological polar surface area (TPSA) is 134 Å². The van der Waals surface area contributed by atoms with Crippen LogP contribution >= 0.6 is 0 Å². The predicted octanol–water partition coefficient (Wildman–Crippen LogP) is 5.67. The van der Waals surface area contributed by atoms with Crippen LogP contribution in [0.15, 0.2) is 150 Å². The summed E-state index contributed by atoms with van der Waals surface area (Å²) in [5.41, 5.74) is 10.3. The fourth-order valence-electron chi connectivity index (χ4n) is 7.49. The SMILES string of the molecule is CCOc1ccc(NC2C=CC(/C(=C3\C=CC(=[N+](CC)Cc4cccc(S(=O)(=O)[O-])c4)C=C3C)c3ccc(N(CC)Cc4cccc(OS(=O)[O-])c4)cc3C)C=C2)cc1.[Na+]. The quantitative estimate of drug-likeness (QED) is 0.0498. The van der Waals surface area contributed by atoms with Gasteiger partial charge in [0.25, 0.3) is 0 Å². The predicted molar refractivity (Wildman–Crippen MR) is 234 cm³/mol. The monoisotopic (exact) mass is 855 g/mol. The Balaban J connectivity index is 0.00000683. The van der Waals surface area contributed by atoms with Crippen LogP contribution in [0.3, 0.4) is 0 Å². The molecular weight excluding hydrogens is 806 g/mol. The smallest absolute Gasteiger partial charge is 0.744 e. The van der Waals surface area contributed by atoms with E-state index in [9.17, 15) is 21.7 Å². The summed E-state index contributed by atoms with van der Waals surface area (Å²) in [4.78, 5) is 2.01. The second kappa shape index (κ2) is 21.3. The van der Waals surface area contributed by atoms with Gasteiger partial charge in [-0.25, -0.2) is 17.2 Å². The molecule has 2 aliphatic rings. The second-order valence-electron chi connectivity index (χ2n) is 14.4. The van der Waals surface area contributed by atoms with Crippen LogP contribution in [0.25, 0.3) is 5.57 Å². The van der Waals surface area contributed by atoms with E-state index < -0.39 is 21.5 Å². The van der Waals surface area contributed by atoms with Crippen molar-refractivity contribution in [2.45, 2.75) is 58.6 Å². The normalized spacial score (nSPS) is 18.2. The molecule has 0 spiro atoms. The minimum Gasteiger partial charge on any atom is -0.744 e. The fraction of sp³-hybridized carbons (Fsp3) is 0.255. The van der Waals surface area contributed by atoms with Crippen molar-refractivity contribution in [3.05, 3.63) is 167 Å². The van der Waals surface area contributed by atoms with Gasteiger partial charge in [0, 0.05) is 48.1 Å². The Morgan fingerprint density at radius 2 is 1.58 bits per heavy atom. The Morgan fingerprint density at radius 1 is 0.867 bits per heavy atom. The van der Waals surface area contributed by atoms with Gasteiger partial charge in [0.15, 0.2) is 12.3 Å². The maximum atomic E-state index is 11.7. The van der Waals surface area contributed by atoms with Crippen molar-refractivity contribution >= 4 is 44.1 Å². The Labute approximate surface area is 379 Å². The van der Waals surface area contributed by atoms with Crippen LogP contribution in [0.4, 0.5) is 11.4 Å². The van der Waals surface area contributed by atoms with Crippen LogP contribution in [-0.2, 0) is 34.6 Å². The van der Waals surface area contributed by atoms with E-state index in [-0.39, 0.29) is 52.2 Å². The maximum Gasteiger partial charge on any atom is 1.00 e. The van der Waals surface area contributed by atoms with Gasteiger partial charge in [-0.1, -0.05) is 54.6 Å². The molecule has 1 N–H and O–H groups in total. The van der Waals surface area contributed by atoms with Crippen LogP contribution < -0.4 is 48.7 Å². The molecule has 6 rings (SSSR count). The molecule has 0 heterocycles. The number of ether oxygens (including phenoxy) is 1. The van der Waals surface area contributed by atoms with E-state index >= 15 is 0 Å². The van der Waals surface area contributed by atoms with Crippen molar-refractivity contribution in [1.29, 1.82) is 0 Å². The molecule has 0 radical (unpaired) electrons. The van der Waals surface area contributed by atoms with Crippen molar-refractivity contribution in [3.8, 4) is 11.5 Å². The van der Waals surface area contributed by atoms with Gasteiger partial charge >= 0.3 is 29.6 Å². The number of allylic oxidation sites excluding steroid dienone is 8. The first-order chi connectivity index (χ1) is 28.3. The number of anilines is 2. The van der Waals surface area contributed by atoms with Gasteiger partial charge in [0.2, 0.25) is 0 Å². The first kappa shape index (κ1) is 46.5. The van der Waals surface area contributed by atoms with E-state index in [1.807, 2.05) is 50.2 Å². The maximum absolute atomic E-state index is 11.7. The van der Waals surface area contributed by atoms with Gasteiger partial charge in [0.1, 0.15) is 39.5 Å². The third kappa shape index (κ3) is 12.1. The second-order valence-corrected chi connectivity index (χ2v) is 16.4. The minimum atomic E-state index is -4.56. The van der Waals surface area contributed by atoms with Crippen LogP contribution in [0.5, 0.6) is 11.5 Å². The molecule has 10 nitrogen and oxygen atoms in total. The zero-order chi connectivity index (χ0) is 42.1. The average molecular weight is 856 g/mol. The summed E-state index contributed by atoms with van der Waals surface area (Å²) in [7, 11) is -4.56. The van der Waals surface area contributed by atoms with E-state index in [0.29, 0.717) is 26.2 Å². The van der Waals surface area contributed by atoms with Crippen molar-refractivity contribution < 1.29 is 64.8 Å². The van der Waals surface area contributed by atoms with Crippen molar-refractivity contribution in [1.82, 2.24) is 0 Å². The van der Waals surface area contributed by atoms with Crippen LogP contribution in [0, 0.1) is 12.8 Å². The van der Waals surface area contributed by atoms with E-state index in [1.165, 1.54) is 17.7 Å². The first-order valence-corrected chi connectivity index (χ1v) is 22.1. The summed E-state index contributed by atoms with van der Waals surface area (Å²) in [6.07, 6.45) is 15.3.